The van der Waals surface area contributed by atoms with E-state index in [2.05, 4.69) is 12.2 Å². The lowest BCUT2D eigenvalue weighted by Crippen LogP contribution is -2.10. The summed E-state index contributed by atoms with van der Waals surface area (Å²) in [7, 11) is 0. The molecule has 1 aromatic carbocycles. The van der Waals surface area contributed by atoms with Crippen LogP contribution >= 0.6 is 0 Å². The Labute approximate surface area is 109 Å². The molecule has 4 heteroatoms. The third-order valence-electron chi connectivity index (χ3n) is 2.65. The highest BCUT2D eigenvalue weighted by atomic mass is 16.5. The molecule has 0 aliphatic heterocycles. The van der Waals surface area contributed by atoms with Crippen molar-refractivity contribution >= 4 is 17.2 Å². The zero-order valence-electron chi connectivity index (χ0n) is 11.2. The van der Waals surface area contributed by atoms with E-state index in [1.807, 2.05) is 6.07 Å². The monoisotopic (exact) mass is 250 g/mol. The minimum Gasteiger partial charge on any atom is -0.398 e. The fourth-order valence-corrected chi connectivity index (χ4v) is 1.59. The maximum absolute atomic E-state index is 11.3. The highest BCUT2D eigenvalue weighted by molar-refractivity contribution is 5.99. The van der Waals surface area contributed by atoms with Crippen LogP contribution in [-0.2, 0) is 4.74 Å². The molecule has 0 unspecified atom stereocenters. The van der Waals surface area contributed by atoms with E-state index in [4.69, 9.17) is 10.5 Å². The van der Waals surface area contributed by atoms with Crippen molar-refractivity contribution < 1.29 is 9.53 Å². The van der Waals surface area contributed by atoms with Crippen LogP contribution in [0.2, 0.25) is 0 Å². The van der Waals surface area contributed by atoms with Crippen LogP contribution in [0.15, 0.2) is 18.2 Å². The fourth-order valence-electron chi connectivity index (χ4n) is 1.59. The zero-order valence-corrected chi connectivity index (χ0v) is 11.2. The van der Waals surface area contributed by atoms with Gasteiger partial charge in [0.05, 0.1) is 6.61 Å². The molecule has 1 aromatic rings. The van der Waals surface area contributed by atoms with Gasteiger partial charge in [-0.1, -0.05) is 13.3 Å². The van der Waals surface area contributed by atoms with Gasteiger partial charge in [-0.2, -0.15) is 0 Å². The molecule has 0 fully saturated rings. The summed E-state index contributed by atoms with van der Waals surface area (Å²) in [5.74, 6) is -0.0182. The van der Waals surface area contributed by atoms with Crippen LogP contribution < -0.4 is 11.1 Å². The molecule has 0 atom stereocenters. The summed E-state index contributed by atoms with van der Waals surface area (Å²) in [4.78, 5) is 11.3. The van der Waals surface area contributed by atoms with Crippen molar-refractivity contribution in [3.8, 4) is 0 Å². The van der Waals surface area contributed by atoms with Crippen molar-refractivity contribution in [3.05, 3.63) is 23.8 Å². The minimum absolute atomic E-state index is 0.0182. The normalized spacial score (nSPS) is 10.3. The van der Waals surface area contributed by atoms with E-state index in [1.165, 1.54) is 6.92 Å². The number of anilines is 2. The topological polar surface area (TPSA) is 64.3 Å². The van der Waals surface area contributed by atoms with Gasteiger partial charge in [0.2, 0.25) is 0 Å². The summed E-state index contributed by atoms with van der Waals surface area (Å²) in [6.07, 6.45) is 2.24. The first-order chi connectivity index (χ1) is 8.65. The van der Waals surface area contributed by atoms with Crippen molar-refractivity contribution in [2.45, 2.75) is 26.7 Å². The van der Waals surface area contributed by atoms with Gasteiger partial charge in [-0.05, 0) is 31.5 Å². The van der Waals surface area contributed by atoms with Gasteiger partial charge in [0, 0.05) is 30.1 Å². The predicted octanol–water partition coefficient (Wildman–Crippen LogP) is 2.70. The molecule has 0 saturated carbocycles. The number of hydrogen-bond donors (Lipinski definition) is 2. The van der Waals surface area contributed by atoms with Crippen LogP contribution in [0.3, 0.4) is 0 Å². The van der Waals surface area contributed by atoms with Crippen molar-refractivity contribution in [3.63, 3.8) is 0 Å². The number of rotatable bonds is 8. The molecule has 0 heterocycles. The molecule has 0 amide bonds. The molecule has 0 aliphatic rings. The smallest absolute Gasteiger partial charge is 0.161 e. The molecule has 4 nitrogen and oxygen atoms in total. The lowest BCUT2D eigenvalue weighted by atomic mass is 10.1. The molecule has 18 heavy (non-hydrogen) atoms. The molecule has 100 valence electrons. The Morgan fingerprint density at radius 3 is 2.83 bits per heavy atom. The van der Waals surface area contributed by atoms with E-state index in [0.29, 0.717) is 17.9 Å². The number of Topliss-reactive ketones (excluding diaryl/α,β-unsaturated/α-hetero) is 1. The van der Waals surface area contributed by atoms with Crippen LogP contribution in [-0.4, -0.2) is 25.5 Å². The molecule has 1 rings (SSSR count). The molecule has 0 spiro atoms. The third kappa shape index (κ3) is 4.75. The number of nitrogen functional groups attached to an aromatic ring is 1. The van der Waals surface area contributed by atoms with Gasteiger partial charge in [-0.25, -0.2) is 0 Å². The maximum Gasteiger partial charge on any atom is 0.161 e. The number of carbonyl (C=O) groups excluding carboxylic acids is 1. The highest BCUT2D eigenvalue weighted by Gasteiger charge is 2.05. The number of benzene rings is 1. The summed E-state index contributed by atoms with van der Waals surface area (Å²) in [6.45, 7) is 5.85. The van der Waals surface area contributed by atoms with Crippen LogP contribution in [0.1, 0.15) is 37.0 Å². The van der Waals surface area contributed by atoms with Crippen LogP contribution in [0, 0.1) is 0 Å². The molecular formula is C14H22N2O2. The largest absolute Gasteiger partial charge is 0.398 e. The Morgan fingerprint density at radius 2 is 2.17 bits per heavy atom. The summed E-state index contributed by atoms with van der Waals surface area (Å²) >= 11 is 0. The van der Waals surface area contributed by atoms with E-state index >= 15 is 0 Å². The summed E-state index contributed by atoms with van der Waals surface area (Å²) < 4.78 is 5.44. The lowest BCUT2D eigenvalue weighted by Gasteiger charge is -2.09. The van der Waals surface area contributed by atoms with Gasteiger partial charge < -0.3 is 15.8 Å². The summed E-state index contributed by atoms with van der Waals surface area (Å²) in [5, 5.41) is 3.21. The number of unbranched alkanes of at least 4 members (excludes halogenated alkanes) is 1. The molecule has 0 bridgehead atoms. The second-order valence-electron chi connectivity index (χ2n) is 4.25. The Balaban J connectivity index is 2.38. The Hall–Kier alpha value is -1.55. The number of hydrogen-bond acceptors (Lipinski definition) is 4. The maximum atomic E-state index is 11.3. The number of nitrogens with one attached hydrogen (secondary N) is 1. The van der Waals surface area contributed by atoms with Crippen molar-refractivity contribution in [2.24, 2.45) is 0 Å². The van der Waals surface area contributed by atoms with Gasteiger partial charge in [0.25, 0.3) is 0 Å². The summed E-state index contributed by atoms with van der Waals surface area (Å²) in [6, 6.07) is 5.40. The van der Waals surface area contributed by atoms with Crippen molar-refractivity contribution in [2.75, 3.05) is 30.8 Å². The second kappa shape index (κ2) is 7.71. The van der Waals surface area contributed by atoms with E-state index < -0.39 is 0 Å². The lowest BCUT2D eigenvalue weighted by molar-refractivity contribution is 0.101. The van der Waals surface area contributed by atoms with Crippen LogP contribution in [0.25, 0.3) is 0 Å². The van der Waals surface area contributed by atoms with E-state index in [-0.39, 0.29) is 5.78 Å². The molecule has 0 saturated heterocycles. The van der Waals surface area contributed by atoms with Gasteiger partial charge in [0.15, 0.2) is 5.78 Å². The van der Waals surface area contributed by atoms with Gasteiger partial charge in [-0.3, -0.25) is 4.79 Å². The second-order valence-corrected chi connectivity index (χ2v) is 4.25. The van der Waals surface area contributed by atoms with Gasteiger partial charge in [0.1, 0.15) is 0 Å². The van der Waals surface area contributed by atoms with Crippen molar-refractivity contribution in [1.82, 2.24) is 0 Å². The molecular weight excluding hydrogens is 228 g/mol. The van der Waals surface area contributed by atoms with Crippen molar-refractivity contribution in [1.29, 1.82) is 0 Å². The average molecular weight is 250 g/mol. The first kappa shape index (κ1) is 14.5. The quantitative estimate of drug-likeness (QED) is 0.423. The molecule has 0 radical (unpaired) electrons. The van der Waals surface area contributed by atoms with Crippen LogP contribution in [0.4, 0.5) is 11.4 Å². The first-order valence-corrected chi connectivity index (χ1v) is 6.37. The average Bonchev–Trinajstić information content (AvgIpc) is 2.35. The molecule has 3 N–H and O–H groups in total. The fraction of sp³-hybridized carbons (Fsp3) is 0.500. The Kier molecular flexibility index (Phi) is 6.22. The first-order valence-electron chi connectivity index (χ1n) is 6.37. The number of nitrogens with two attached hydrogens (primary N) is 1. The number of carbonyl (C=O) groups is 1. The third-order valence-corrected chi connectivity index (χ3v) is 2.65. The predicted molar refractivity (Wildman–Crippen MR) is 75.1 cm³/mol. The minimum atomic E-state index is -0.0182. The molecule has 0 aromatic heterocycles. The standard InChI is InChI=1S/C14H22N2O2/c1-3-4-8-18-9-7-16-12-5-6-14(15)13(10-12)11(2)17/h5-6,10,16H,3-4,7-9,15H2,1-2H3. The zero-order chi connectivity index (χ0) is 13.4. The Bertz CT molecular complexity index is 391. The summed E-state index contributed by atoms with van der Waals surface area (Å²) in [5.41, 5.74) is 7.71. The highest BCUT2D eigenvalue weighted by Crippen LogP contribution is 2.18. The number of ether oxygens (including phenoxy) is 1. The molecule has 0 aliphatic carbocycles. The van der Waals surface area contributed by atoms with Crippen LogP contribution in [0.5, 0.6) is 0 Å². The van der Waals surface area contributed by atoms with Gasteiger partial charge in [-0.15, -0.1) is 0 Å². The van der Waals surface area contributed by atoms with E-state index in [0.717, 1.165) is 31.7 Å². The van der Waals surface area contributed by atoms with E-state index in [9.17, 15) is 4.79 Å². The van der Waals surface area contributed by atoms with E-state index in [1.54, 1.807) is 12.1 Å². The van der Waals surface area contributed by atoms with Gasteiger partial charge >= 0.3 is 0 Å². The Morgan fingerprint density at radius 1 is 1.39 bits per heavy atom. The SMILES string of the molecule is CCCCOCCNc1ccc(N)c(C(C)=O)c1. The number of ketones is 1.